The highest BCUT2D eigenvalue weighted by atomic mass is 16.5. The molecule has 3 amide bonds. The van der Waals surface area contributed by atoms with Crippen LogP contribution in [0, 0.1) is 0 Å². The molecule has 0 saturated carbocycles. The number of ether oxygens (including phenoxy) is 1. The fraction of sp³-hybridized carbons (Fsp3) is 0.238. The lowest BCUT2D eigenvalue weighted by Crippen LogP contribution is -2.46. The maximum atomic E-state index is 12.4. The molecule has 0 spiro atoms. The molecular weight excluding hydrogens is 360 g/mol. The quantitative estimate of drug-likeness (QED) is 0.591. The fourth-order valence-corrected chi connectivity index (χ4v) is 2.31. The first-order chi connectivity index (χ1) is 13.3. The summed E-state index contributed by atoms with van der Waals surface area (Å²) in [7, 11) is 0. The zero-order valence-electron chi connectivity index (χ0n) is 15.9. The van der Waals surface area contributed by atoms with Crippen molar-refractivity contribution in [2.75, 3.05) is 0 Å². The van der Waals surface area contributed by atoms with Crippen LogP contribution in [0.25, 0.3) is 0 Å². The number of hydrogen-bond acceptors (Lipinski definition) is 5. The van der Waals surface area contributed by atoms with Gasteiger partial charge in [0.05, 0.1) is 5.56 Å². The van der Waals surface area contributed by atoms with Crippen LogP contribution in [0.3, 0.4) is 0 Å². The molecule has 2 aromatic rings. The smallest absolute Gasteiger partial charge is 0.338 e. The minimum Gasteiger partial charge on any atom is -0.449 e. The molecule has 7 nitrogen and oxygen atoms in total. The van der Waals surface area contributed by atoms with Crippen molar-refractivity contribution >= 4 is 23.7 Å². The van der Waals surface area contributed by atoms with Crippen molar-refractivity contribution < 1.29 is 23.9 Å². The summed E-state index contributed by atoms with van der Waals surface area (Å²) >= 11 is 0. The first-order valence-corrected chi connectivity index (χ1v) is 8.80. The SMILES string of the molecule is CC(C)NC(=O)NC(=O)[C@@H](C)OC(=O)c1ccc(C(=O)c2ccccc2)cc1. The molecule has 7 heteroatoms. The number of urea groups is 1. The van der Waals surface area contributed by atoms with Gasteiger partial charge >= 0.3 is 12.0 Å². The van der Waals surface area contributed by atoms with Crippen LogP contribution in [-0.2, 0) is 9.53 Å². The van der Waals surface area contributed by atoms with Crippen molar-refractivity contribution in [3.8, 4) is 0 Å². The number of carbonyl (C=O) groups excluding carboxylic acids is 4. The number of rotatable bonds is 6. The number of ketones is 1. The van der Waals surface area contributed by atoms with E-state index in [2.05, 4.69) is 10.6 Å². The van der Waals surface area contributed by atoms with Crippen LogP contribution in [0.2, 0.25) is 0 Å². The van der Waals surface area contributed by atoms with E-state index in [1.54, 1.807) is 38.1 Å². The average Bonchev–Trinajstić information content (AvgIpc) is 2.67. The molecule has 0 aliphatic rings. The summed E-state index contributed by atoms with van der Waals surface area (Å²) < 4.78 is 5.07. The fourth-order valence-electron chi connectivity index (χ4n) is 2.31. The van der Waals surface area contributed by atoms with E-state index < -0.39 is 24.0 Å². The van der Waals surface area contributed by atoms with E-state index in [0.717, 1.165) is 0 Å². The Kier molecular flexibility index (Phi) is 7.03. The summed E-state index contributed by atoms with van der Waals surface area (Å²) in [5.41, 5.74) is 1.16. The van der Waals surface area contributed by atoms with E-state index in [1.807, 2.05) is 6.07 Å². The lowest BCUT2D eigenvalue weighted by Gasteiger charge is -2.14. The molecular formula is C21H22N2O5. The van der Waals surface area contributed by atoms with Gasteiger partial charge in [-0.05, 0) is 32.9 Å². The standard InChI is InChI=1S/C21H22N2O5/c1-13(2)22-21(27)23-19(25)14(3)28-20(26)17-11-9-16(10-12-17)18(24)15-7-5-4-6-8-15/h4-14H,1-3H3,(H2,22,23,25,27)/t14-/m1/s1. The summed E-state index contributed by atoms with van der Waals surface area (Å²) in [5, 5.41) is 4.60. The largest absolute Gasteiger partial charge is 0.449 e. The molecule has 2 N–H and O–H groups in total. The number of amides is 3. The molecule has 2 aromatic carbocycles. The van der Waals surface area contributed by atoms with E-state index in [9.17, 15) is 19.2 Å². The monoisotopic (exact) mass is 382 g/mol. The predicted octanol–water partition coefficient (Wildman–Crippen LogP) is 2.70. The molecule has 0 fully saturated rings. The van der Waals surface area contributed by atoms with Gasteiger partial charge < -0.3 is 10.1 Å². The van der Waals surface area contributed by atoms with Crippen LogP contribution in [0.1, 0.15) is 47.1 Å². The molecule has 28 heavy (non-hydrogen) atoms. The molecule has 0 aliphatic heterocycles. The molecule has 0 aliphatic carbocycles. The van der Waals surface area contributed by atoms with Crippen LogP contribution in [-0.4, -0.2) is 35.8 Å². The van der Waals surface area contributed by atoms with Gasteiger partial charge in [0.15, 0.2) is 11.9 Å². The van der Waals surface area contributed by atoms with Crippen molar-refractivity contribution in [1.82, 2.24) is 10.6 Å². The van der Waals surface area contributed by atoms with Crippen LogP contribution in [0.15, 0.2) is 54.6 Å². The Labute approximate surface area is 163 Å². The molecule has 0 heterocycles. The number of carbonyl (C=O) groups is 4. The highest BCUT2D eigenvalue weighted by Crippen LogP contribution is 2.12. The number of imide groups is 1. The molecule has 0 bridgehead atoms. The molecule has 1 atom stereocenters. The minimum atomic E-state index is -1.16. The second-order valence-electron chi connectivity index (χ2n) is 6.44. The Bertz CT molecular complexity index is 860. The Morgan fingerprint density at radius 3 is 1.89 bits per heavy atom. The number of hydrogen-bond donors (Lipinski definition) is 2. The maximum absolute atomic E-state index is 12.4. The minimum absolute atomic E-state index is 0.136. The average molecular weight is 382 g/mol. The third-order valence-electron chi connectivity index (χ3n) is 3.73. The van der Waals surface area contributed by atoms with Gasteiger partial charge in [0.25, 0.3) is 5.91 Å². The van der Waals surface area contributed by atoms with Gasteiger partial charge in [0, 0.05) is 17.2 Å². The van der Waals surface area contributed by atoms with Crippen molar-refractivity contribution in [3.05, 3.63) is 71.3 Å². The van der Waals surface area contributed by atoms with Gasteiger partial charge in [-0.25, -0.2) is 9.59 Å². The lowest BCUT2D eigenvalue weighted by atomic mass is 10.0. The van der Waals surface area contributed by atoms with Crippen molar-refractivity contribution in [1.29, 1.82) is 0 Å². The van der Waals surface area contributed by atoms with Crippen molar-refractivity contribution in [2.24, 2.45) is 0 Å². The van der Waals surface area contributed by atoms with Crippen LogP contribution in [0.4, 0.5) is 4.79 Å². The summed E-state index contributed by atoms with van der Waals surface area (Å²) in [6.45, 7) is 4.86. The van der Waals surface area contributed by atoms with Gasteiger partial charge in [-0.15, -0.1) is 0 Å². The Morgan fingerprint density at radius 2 is 1.32 bits per heavy atom. The van der Waals surface area contributed by atoms with Gasteiger partial charge in [-0.3, -0.25) is 14.9 Å². The third kappa shape index (κ3) is 5.77. The highest BCUT2D eigenvalue weighted by Gasteiger charge is 2.21. The highest BCUT2D eigenvalue weighted by molar-refractivity contribution is 6.09. The van der Waals surface area contributed by atoms with E-state index in [4.69, 9.17) is 4.74 Å². The van der Waals surface area contributed by atoms with Crippen LogP contribution >= 0.6 is 0 Å². The summed E-state index contributed by atoms with van der Waals surface area (Å²) in [6, 6.07) is 13.9. The van der Waals surface area contributed by atoms with Gasteiger partial charge in [-0.1, -0.05) is 42.5 Å². The topological polar surface area (TPSA) is 102 Å². The normalized spacial score (nSPS) is 11.4. The molecule has 0 saturated heterocycles. The summed E-state index contributed by atoms with van der Waals surface area (Å²) in [5.74, 6) is -1.63. The lowest BCUT2D eigenvalue weighted by molar-refractivity contribution is -0.127. The number of benzene rings is 2. The first kappa shape index (κ1) is 20.8. The molecule has 0 aromatic heterocycles. The Hall–Kier alpha value is -3.48. The van der Waals surface area contributed by atoms with Crippen molar-refractivity contribution in [2.45, 2.75) is 32.9 Å². The second kappa shape index (κ2) is 9.45. The first-order valence-electron chi connectivity index (χ1n) is 8.80. The van der Waals surface area contributed by atoms with Crippen LogP contribution < -0.4 is 10.6 Å². The molecule has 146 valence electrons. The molecule has 0 radical (unpaired) electrons. The summed E-state index contributed by atoms with van der Waals surface area (Å²) in [4.78, 5) is 48.0. The predicted molar refractivity (Wildman–Crippen MR) is 103 cm³/mol. The third-order valence-corrected chi connectivity index (χ3v) is 3.73. The van der Waals surface area contributed by atoms with E-state index in [0.29, 0.717) is 11.1 Å². The van der Waals surface area contributed by atoms with E-state index in [-0.39, 0.29) is 17.4 Å². The zero-order chi connectivity index (χ0) is 20.7. The molecule has 0 unspecified atom stereocenters. The van der Waals surface area contributed by atoms with Gasteiger partial charge in [0.1, 0.15) is 0 Å². The number of nitrogens with one attached hydrogen (secondary N) is 2. The second-order valence-corrected chi connectivity index (χ2v) is 6.44. The van der Waals surface area contributed by atoms with E-state index in [1.165, 1.54) is 31.2 Å². The number of esters is 1. The van der Waals surface area contributed by atoms with Crippen molar-refractivity contribution in [3.63, 3.8) is 0 Å². The van der Waals surface area contributed by atoms with Gasteiger partial charge in [-0.2, -0.15) is 0 Å². The van der Waals surface area contributed by atoms with Crippen LogP contribution in [0.5, 0.6) is 0 Å². The van der Waals surface area contributed by atoms with Gasteiger partial charge in [0.2, 0.25) is 0 Å². The van der Waals surface area contributed by atoms with E-state index >= 15 is 0 Å². The summed E-state index contributed by atoms with van der Waals surface area (Å²) in [6.07, 6.45) is -1.16. The Morgan fingerprint density at radius 1 is 0.786 bits per heavy atom. The zero-order valence-corrected chi connectivity index (χ0v) is 15.9. The Balaban J connectivity index is 1.96. The molecule has 2 rings (SSSR count). The maximum Gasteiger partial charge on any atom is 0.338 e.